The summed E-state index contributed by atoms with van der Waals surface area (Å²) in [4.78, 5) is 7.30. The highest BCUT2D eigenvalue weighted by Crippen LogP contribution is 2.44. The minimum absolute atomic E-state index is 0.238. The summed E-state index contributed by atoms with van der Waals surface area (Å²) in [6, 6.07) is 13.1. The number of rotatable bonds is 3. The highest BCUT2D eigenvalue weighted by atomic mass is 16.5. The summed E-state index contributed by atoms with van der Waals surface area (Å²) in [5.74, 6) is 1.73. The Bertz CT molecular complexity index is 1120. The van der Waals surface area contributed by atoms with Gasteiger partial charge in [-0.05, 0) is 81.0 Å². The first kappa shape index (κ1) is 18.9. The first-order chi connectivity index (χ1) is 14.9. The topological polar surface area (TPSA) is 55.2 Å². The van der Waals surface area contributed by atoms with E-state index >= 15 is 0 Å². The zero-order valence-electron chi connectivity index (χ0n) is 18.4. The van der Waals surface area contributed by atoms with Gasteiger partial charge in [0.15, 0.2) is 0 Å². The van der Waals surface area contributed by atoms with Gasteiger partial charge in [-0.3, -0.25) is 0 Å². The molecule has 0 radical (unpaired) electrons. The van der Waals surface area contributed by atoms with Crippen LogP contribution in [-0.2, 0) is 6.61 Å². The van der Waals surface area contributed by atoms with Crippen LogP contribution < -0.4 is 15.0 Å². The fourth-order valence-electron chi connectivity index (χ4n) is 5.90. The van der Waals surface area contributed by atoms with Gasteiger partial charge in [0.05, 0.1) is 5.69 Å². The number of piperidine rings is 1. The number of aromatic nitrogens is 3. The second-order valence-electron chi connectivity index (χ2n) is 10.0. The summed E-state index contributed by atoms with van der Waals surface area (Å²) in [6.45, 7) is 5.27. The molecule has 2 aromatic heterocycles. The van der Waals surface area contributed by atoms with E-state index in [1.54, 1.807) is 6.20 Å². The third-order valence-corrected chi connectivity index (χ3v) is 7.47. The minimum atomic E-state index is 0.238. The van der Waals surface area contributed by atoms with Crippen molar-refractivity contribution in [3.63, 3.8) is 0 Å². The van der Waals surface area contributed by atoms with Crippen molar-refractivity contribution in [2.24, 2.45) is 0 Å². The van der Waals surface area contributed by atoms with Crippen LogP contribution in [-0.4, -0.2) is 38.9 Å². The molecular formula is C25H29N5O. The van der Waals surface area contributed by atoms with Crippen molar-refractivity contribution >= 4 is 5.82 Å². The Morgan fingerprint density at radius 3 is 2.61 bits per heavy atom. The Hall–Kier alpha value is -2.86. The molecule has 6 nitrogen and oxygen atoms in total. The molecule has 3 aromatic rings. The summed E-state index contributed by atoms with van der Waals surface area (Å²) in [5.41, 5.74) is 4.94. The molecule has 3 atom stereocenters. The maximum atomic E-state index is 6.11. The maximum absolute atomic E-state index is 6.11. The number of anilines is 1. The summed E-state index contributed by atoms with van der Waals surface area (Å²) >= 11 is 0. The van der Waals surface area contributed by atoms with Crippen LogP contribution in [0.4, 0.5) is 5.82 Å². The van der Waals surface area contributed by atoms with Crippen molar-refractivity contribution in [3.05, 3.63) is 54.4 Å². The van der Waals surface area contributed by atoms with Gasteiger partial charge in [-0.1, -0.05) is 6.07 Å². The standard InChI is InChI=1S/C25H29N5O/c1-24-9-10-25(2,28-24)15-19(14-24)29(3)22-8-7-21-20-6-5-18(30-12-4-11-26-30)13-17(20)16-31-23(21)27-22/h4-8,11-13,19,28H,9-10,14-16H2,1-3H3/t19?,24-,25+. The minimum Gasteiger partial charge on any atom is -0.472 e. The number of benzene rings is 1. The highest BCUT2D eigenvalue weighted by Gasteiger charge is 2.49. The van der Waals surface area contributed by atoms with E-state index in [1.165, 1.54) is 24.0 Å². The Morgan fingerprint density at radius 2 is 1.87 bits per heavy atom. The van der Waals surface area contributed by atoms with E-state index in [1.807, 2.05) is 16.9 Å². The van der Waals surface area contributed by atoms with Crippen molar-refractivity contribution in [2.45, 2.75) is 63.3 Å². The van der Waals surface area contributed by atoms with Crippen LogP contribution in [0.1, 0.15) is 45.1 Å². The lowest BCUT2D eigenvalue weighted by Crippen LogP contribution is -2.58. The SMILES string of the molecule is CN(c1ccc2c(n1)OCc1cc(-n3cccn3)ccc1-2)C1C[C@]2(C)CC[C@](C)(C1)N2. The Balaban J connectivity index is 1.29. The van der Waals surface area contributed by atoms with Crippen LogP contribution >= 0.6 is 0 Å². The lowest BCUT2D eigenvalue weighted by molar-refractivity contribution is 0.207. The van der Waals surface area contributed by atoms with Gasteiger partial charge < -0.3 is 15.0 Å². The van der Waals surface area contributed by atoms with Gasteiger partial charge >= 0.3 is 0 Å². The van der Waals surface area contributed by atoms with Gasteiger partial charge in [0.1, 0.15) is 12.4 Å². The van der Waals surface area contributed by atoms with Crippen LogP contribution in [0.2, 0.25) is 0 Å². The summed E-state index contributed by atoms with van der Waals surface area (Å²) in [5, 5.41) is 8.21. The van der Waals surface area contributed by atoms with Crippen molar-refractivity contribution < 1.29 is 4.74 Å². The Labute approximate surface area is 183 Å². The smallest absolute Gasteiger partial charge is 0.223 e. The molecule has 5 heterocycles. The van der Waals surface area contributed by atoms with Gasteiger partial charge in [-0.25, -0.2) is 4.68 Å². The zero-order chi connectivity index (χ0) is 21.2. The summed E-state index contributed by atoms with van der Waals surface area (Å²) in [7, 11) is 2.18. The van der Waals surface area contributed by atoms with E-state index < -0.39 is 0 Å². The molecule has 3 aliphatic rings. The van der Waals surface area contributed by atoms with Crippen molar-refractivity contribution in [1.29, 1.82) is 0 Å². The van der Waals surface area contributed by atoms with Crippen molar-refractivity contribution in [2.75, 3.05) is 11.9 Å². The molecule has 0 saturated carbocycles. The molecular weight excluding hydrogens is 386 g/mol. The normalized spacial score (nSPS) is 28.5. The lowest BCUT2D eigenvalue weighted by atomic mass is 9.84. The molecule has 0 aliphatic carbocycles. The van der Waals surface area contributed by atoms with Gasteiger partial charge in [0.2, 0.25) is 5.88 Å². The van der Waals surface area contributed by atoms with Crippen LogP contribution in [0.15, 0.2) is 48.8 Å². The molecule has 6 rings (SSSR count). The third kappa shape index (κ3) is 3.12. The average Bonchev–Trinajstić information content (AvgIpc) is 3.38. The maximum Gasteiger partial charge on any atom is 0.223 e. The molecule has 1 unspecified atom stereocenters. The molecule has 160 valence electrons. The van der Waals surface area contributed by atoms with Crippen LogP contribution in [0.25, 0.3) is 16.8 Å². The molecule has 0 spiro atoms. The number of pyridine rings is 1. The molecule has 31 heavy (non-hydrogen) atoms. The summed E-state index contributed by atoms with van der Waals surface area (Å²) in [6.07, 6.45) is 8.56. The van der Waals surface area contributed by atoms with E-state index in [0.29, 0.717) is 12.6 Å². The van der Waals surface area contributed by atoms with Gasteiger partial charge in [0.25, 0.3) is 0 Å². The predicted octanol–water partition coefficient (Wildman–Crippen LogP) is 4.33. The fraction of sp³-hybridized carbons (Fsp3) is 0.440. The second-order valence-corrected chi connectivity index (χ2v) is 10.0. The quantitative estimate of drug-likeness (QED) is 0.690. The predicted molar refractivity (Wildman–Crippen MR) is 122 cm³/mol. The number of nitrogens with one attached hydrogen (secondary N) is 1. The van der Waals surface area contributed by atoms with Crippen molar-refractivity contribution in [3.8, 4) is 22.7 Å². The number of fused-ring (bicyclic) bond motifs is 5. The number of ether oxygens (including phenoxy) is 1. The first-order valence-electron chi connectivity index (χ1n) is 11.2. The van der Waals surface area contributed by atoms with Gasteiger partial charge in [-0.2, -0.15) is 10.1 Å². The van der Waals surface area contributed by atoms with Crippen LogP contribution in [0, 0.1) is 0 Å². The molecule has 2 fully saturated rings. The molecule has 2 saturated heterocycles. The highest BCUT2D eigenvalue weighted by molar-refractivity contribution is 5.75. The number of nitrogens with zero attached hydrogens (tertiary/aromatic N) is 4. The van der Waals surface area contributed by atoms with E-state index in [9.17, 15) is 0 Å². The fourth-order valence-corrected chi connectivity index (χ4v) is 5.90. The van der Waals surface area contributed by atoms with E-state index in [0.717, 1.165) is 35.8 Å². The third-order valence-electron chi connectivity index (χ3n) is 7.47. The molecule has 1 aromatic carbocycles. The lowest BCUT2D eigenvalue weighted by Gasteiger charge is -2.45. The molecule has 3 aliphatic heterocycles. The Morgan fingerprint density at radius 1 is 1.10 bits per heavy atom. The monoisotopic (exact) mass is 415 g/mol. The van der Waals surface area contributed by atoms with Crippen molar-refractivity contribution in [1.82, 2.24) is 20.1 Å². The number of hydrogen-bond donors (Lipinski definition) is 1. The van der Waals surface area contributed by atoms with Gasteiger partial charge in [-0.15, -0.1) is 0 Å². The molecule has 2 bridgehead atoms. The van der Waals surface area contributed by atoms with Crippen LogP contribution in [0.5, 0.6) is 5.88 Å². The van der Waals surface area contributed by atoms with E-state index in [4.69, 9.17) is 9.72 Å². The number of hydrogen-bond acceptors (Lipinski definition) is 5. The van der Waals surface area contributed by atoms with Crippen LogP contribution in [0.3, 0.4) is 0 Å². The van der Waals surface area contributed by atoms with Gasteiger partial charge in [0, 0.05) is 42.1 Å². The molecule has 6 heteroatoms. The summed E-state index contributed by atoms with van der Waals surface area (Å²) < 4.78 is 7.99. The van der Waals surface area contributed by atoms with E-state index in [2.05, 4.69) is 66.5 Å². The molecule has 1 N–H and O–H groups in total. The largest absolute Gasteiger partial charge is 0.472 e. The first-order valence-corrected chi connectivity index (χ1v) is 11.2. The van der Waals surface area contributed by atoms with E-state index in [-0.39, 0.29) is 11.1 Å². The zero-order valence-corrected chi connectivity index (χ0v) is 18.4. The molecule has 0 amide bonds. The Kier molecular flexibility index (Phi) is 4.00. The average molecular weight is 416 g/mol. The second kappa shape index (κ2) is 6.57.